The number of hydrogen-bond donors (Lipinski definition) is 2. The first-order valence-electron chi connectivity index (χ1n) is 6.17. The molecule has 2 rings (SSSR count). The highest BCUT2D eigenvalue weighted by Crippen LogP contribution is 2.32. The van der Waals surface area contributed by atoms with Gasteiger partial charge in [0.05, 0.1) is 6.10 Å². The number of rotatable bonds is 4. The molecular formula is C12H23NO. The van der Waals surface area contributed by atoms with Gasteiger partial charge in [0.25, 0.3) is 0 Å². The molecule has 0 aliphatic heterocycles. The number of aliphatic hydroxyl groups is 1. The van der Waals surface area contributed by atoms with Gasteiger partial charge in [-0.25, -0.2) is 0 Å². The van der Waals surface area contributed by atoms with Crippen LogP contribution in [-0.4, -0.2) is 23.8 Å². The summed E-state index contributed by atoms with van der Waals surface area (Å²) < 4.78 is 0. The molecule has 0 bridgehead atoms. The van der Waals surface area contributed by atoms with Crippen molar-refractivity contribution >= 4 is 0 Å². The zero-order chi connectivity index (χ0) is 9.97. The Hall–Kier alpha value is -0.0800. The molecule has 2 aliphatic carbocycles. The van der Waals surface area contributed by atoms with Gasteiger partial charge in [-0.05, 0) is 37.5 Å². The van der Waals surface area contributed by atoms with Crippen molar-refractivity contribution in [1.29, 1.82) is 0 Å². The van der Waals surface area contributed by atoms with Gasteiger partial charge in [0, 0.05) is 12.6 Å². The molecule has 0 aromatic heterocycles. The summed E-state index contributed by atoms with van der Waals surface area (Å²) in [7, 11) is 0. The molecule has 2 fully saturated rings. The summed E-state index contributed by atoms with van der Waals surface area (Å²) in [6.45, 7) is 3.16. The molecule has 0 aromatic carbocycles. The second-order valence-corrected chi connectivity index (χ2v) is 5.28. The van der Waals surface area contributed by atoms with E-state index in [-0.39, 0.29) is 6.10 Å². The molecule has 0 amide bonds. The molecule has 0 aromatic rings. The van der Waals surface area contributed by atoms with Crippen LogP contribution in [0.15, 0.2) is 0 Å². The van der Waals surface area contributed by atoms with Crippen molar-refractivity contribution in [3.63, 3.8) is 0 Å². The zero-order valence-electron chi connectivity index (χ0n) is 9.21. The summed E-state index contributed by atoms with van der Waals surface area (Å²) in [6.07, 6.45) is 7.77. The molecule has 2 nitrogen and oxygen atoms in total. The maximum Gasteiger partial charge on any atom is 0.0692 e. The molecule has 3 unspecified atom stereocenters. The topological polar surface area (TPSA) is 32.3 Å². The van der Waals surface area contributed by atoms with Crippen LogP contribution in [0, 0.1) is 11.8 Å². The molecule has 2 aliphatic rings. The third-order valence-electron chi connectivity index (χ3n) is 3.72. The van der Waals surface area contributed by atoms with Crippen molar-refractivity contribution in [1.82, 2.24) is 5.32 Å². The van der Waals surface area contributed by atoms with Crippen LogP contribution in [0.5, 0.6) is 0 Å². The molecule has 2 N–H and O–H groups in total. The molecule has 2 heteroatoms. The molecule has 0 heterocycles. The van der Waals surface area contributed by atoms with Crippen molar-refractivity contribution in [2.24, 2.45) is 11.8 Å². The van der Waals surface area contributed by atoms with Crippen LogP contribution >= 0.6 is 0 Å². The smallest absolute Gasteiger partial charge is 0.0692 e. The quantitative estimate of drug-likeness (QED) is 0.721. The molecule has 0 radical (unpaired) electrons. The lowest BCUT2D eigenvalue weighted by atomic mass is 9.87. The lowest BCUT2D eigenvalue weighted by molar-refractivity contribution is 0.139. The Morgan fingerprint density at radius 1 is 1.29 bits per heavy atom. The van der Waals surface area contributed by atoms with E-state index in [2.05, 4.69) is 12.2 Å². The van der Waals surface area contributed by atoms with E-state index < -0.39 is 0 Å². The Kier molecular flexibility index (Phi) is 3.45. The Bertz CT molecular complexity index is 179. The second-order valence-electron chi connectivity index (χ2n) is 5.28. The van der Waals surface area contributed by atoms with Crippen LogP contribution < -0.4 is 5.32 Å². The van der Waals surface area contributed by atoms with Gasteiger partial charge in [-0.15, -0.1) is 0 Å². The minimum absolute atomic E-state index is 0.0766. The van der Waals surface area contributed by atoms with Crippen molar-refractivity contribution in [2.75, 3.05) is 6.54 Å². The first-order valence-corrected chi connectivity index (χ1v) is 6.17. The number of hydrogen-bond acceptors (Lipinski definition) is 2. The number of aliphatic hydroxyl groups excluding tert-OH is 1. The molecule has 0 spiro atoms. The lowest BCUT2D eigenvalue weighted by Gasteiger charge is -2.28. The first kappa shape index (κ1) is 10.4. The Labute approximate surface area is 87.1 Å². The minimum atomic E-state index is -0.0766. The normalized spacial score (nSPS) is 35.6. The van der Waals surface area contributed by atoms with Crippen LogP contribution in [0.3, 0.4) is 0 Å². The minimum Gasteiger partial charge on any atom is -0.392 e. The predicted octanol–water partition coefficient (Wildman–Crippen LogP) is 1.93. The highest BCUT2D eigenvalue weighted by atomic mass is 16.3. The fourth-order valence-electron chi connectivity index (χ4n) is 2.55. The summed E-state index contributed by atoms with van der Waals surface area (Å²) in [4.78, 5) is 0. The lowest BCUT2D eigenvalue weighted by Crippen LogP contribution is -2.39. The van der Waals surface area contributed by atoms with Crippen molar-refractivity contribution in [2.45, 2.75) is 57.6 Å². The highest BCUT2D eigenvalue weighted by Gasteiger charge is 2.30. The summed E-state index contributed by atoms with van der Waals surface area (Å²) in [5.41, 5.74) is 0. The highest BCUT2D eigenvalue weighted by molar-refractivity contribution is 4.84. The first-order chi connectivity index (χ1) is 6.75. The van der Waals surface area contributed by atoms with E-state index in [9.17, 15) is 5.11 Å². The van der Waals surface area contributed by atoms with Crippen molar-refractivity contribution in [3.05, 3.63) is 0 Å². The predicted molar refractivity (Wildman–Crippen MR) is 58.2 cm³/mol. The van der Waals surface area contributed by atoms with Crippen LogP contribution in [0.25, 0.3) is 0 Å². The standard InChI is InChI=1S/C12H23NO/c1-9-3-2-4-11(7-9)13-8-12(14)10-5-6-10/h9-14H,2-8H2,1H3. The average molecular weight is 197 g/mol. The molecule has 3 atom stereocenters. The van der Waals surface area contributed by atoms with Gasteiger partial charge < -0.3 is 10.4 Å². The van der Waals surface area contributed by atoms with Crippen LogP contribution in [0.1, 0.15) is 45.4 Å². The van der Waals surface area contributed by atoms with Crippen molar-refractivity contribution < 1.29 is 5.11 Å². The van der Waals surface area contributed by atoms with Crippen LogP contribution in [-0.2, 0) is 0 Å². The van der Waals surface area contributed by atoms with Crippen LogP contribution in [0.4, 0.5) is 0 Å². The van der Waals surface area contributed by atoms with Gasteiger partial charge in [0.15, 0.2) is 0 Å². The fraction of sp³-hybridized carbons (Fsp3) is 1.00. The molecule has 2 saturated carbocycles. The van der Waals surface area contributed by atoms with E-state index in [1.807, 2.05) is 0 Å². The van der Waals surface area contributed by atoms with E-state index in [1.165, 1.54) is 38.5 Å². The summed E-state index contributed by atoms with van der Waals surface area (Å²) in [5, 5.41) is 13.2. The SMILES string of the molecule is CC1CCCC(NCC(O)C2CC2)C1. The molecule has 0 saturated heterocycles. The van der Waals surface area contributed by atoms with Gasteiger partial charge in [-0.2, -0.15) is 0 Å². The summed E-state index contributed by atoms with van der Waals surface area (Å²) >= 11 is 0. The van der Waals surface area contributed by atoms with E-state index in [4.69, 9.17) is 0 Å². The van der Waals surface area contributed by atoms with Gasteiger partial charge in [-0.1, -0.05) is 19.8 Å². The Morgan fingerprint density at radius 2 is 2.07 bits per heavy atom. The summed E-state index contributed by atoms with van der Waals surface area (Å²) in [5.74, 6) is 1.49. The monoisotopic (exact) mass is 197 g/mol. The van der Waals surface area contributed by atoms with Gasteiger partial charge >= 0.3 is 0 Å². The number of nitrogens with one attached hydrogen (secondary N) is 1. The second kappa shape index (κ2) is 4.63. The third kappa shape index (κ3) is 2.96. The van der Waals surface area contributed by atoms with E-state index in [0.29, 0.717) is 12.0 Å². The van der Waals surface area contributed by atoms with Gasteiger partial charge in [-0.3, -0.25) is 0 Å². The van der Waals surface area contributed by atoms with E-state index in [0.717, 1.165) is 12.5 Å². The van der Waals surface area contributed by atoms with E-state index >= 15 is 0 Å². The van der Waals surface area contributed by atoms with Gasteiger partial charge in [0.1, 0.15) is 0 Å². The van der Waals surface area contributed by atoms with Crippen LogP contribution in [0.2, 0.25) is 0 Å². The van der Waals surface area contributed by atoms with Gasteiger partial charge in [0.2, 0.25) is 0 Å². The molecule has 14 heavy (non-hydrogen) atoms. The molecular weight excluding hydrogens is 174 g/mol. The largest absolute Gasteiger partial charge is 0.392 e. The molecule has 82 valence electrons. The zero-order valence-corrected chi connectivity index (χ0v) is 9.21. The Morgan fingerprint density at radius 3 is 2.71 bits per heavy atom. The van der Waals surface area contributed by atoms with Crippen molar-refractivity contribution in [3.8, 4) is 0 Å². The maximum atomic E-state index is 9.72. The van der Waals surface area contributed by atoms with E-state index in [1.54, 1.807) is 0 Å². The fourth-order valence-corrected chi connectivity index (χ4v) is 2.55. The summed E-state index contributed by atoms with van der Waals surface area (Å²) in [6, 6.07) is 0.673. The Balaban J connectivity index is 1.63. The third-order valence-corrected chi connectivity index (χ3v) is 3.72. The maximum absolute atomic E-state index is 9.72. The average Bonchev–Trinajstić information content (AvgIpc) is 2.97.